The average molecular weight is 326 g/mol. The SMILES string of the molecule is C[C@H](N)c1ccc(N2CCC(N(C)C)CC2)c(Br)c1. The van der Waals surface area contributed by atoms with Crippen molar-refractivity contribution in [3.8, 4) is 0 Å². The average Bonchev–Trinajstić information content (AvgIpc) is 2.38. The van der Waals surface area contributed by atoms with E-state index in [1.54, 1.807) is 0 Å². The Kier molecular flexibility index (Phi) is 4.87. The van der Waals surface area contributed by atoms with Crippen LogP contribution in [-0.2, 0) is 0 Å². The van der Waals surface area contributed by atoms with Gasteiger partial charge in [-0.05, 0) is 67.5 Å². The first-order valence-corrected chi connectivity index (χ1v) is 7.74. The molecule has 0 saturated carbocycles. The van der Waals surface area contributed by atoms with E-state index in [2.05, 4.69) is 58.0 Å². The Hall–Kier alpha value is -0.580. The highest BCUT2D eigenvalue weighted by Gasteiger charge is 2.22. The van der Waals surface area contributed by atoms with E-state index >= 15 is 0 Å². The molecule has 1 heterocycles. The fourth-order valence-corrected chi connectivity index (χ4v) is 3.33. The number of piperidine rings is 1. The van der Waals surface area contributed by atoms with Crippen LogP contribution in [0.25, 0.3) is 0 Å². The predicted octanol–water partition coefficient (Wildman–Crippen LogP) is 3.00. The lowest BCUT2D eigenvalue weighted by Gasteiger charge is -2.37. The summed E-state index contributed by atoms with van der Waals surface area (Å²) < 4.78 is 1.16. The van der Waals surface area contributed by atoms with Crippen molar-refractivity contribution in [2.45, 2.75) is 31.8 Å². The number of rotatable bonds is 3. The van der Waals surface area contributed by atoms with E-state index in [1.807, 2.05) is 6.92 Å². The van der Waals surface area contributed by atoms with Crippen LogP contribution >= 0.6 is 15.9 Å². The maximum Gasteiger partial charge on any atom is 0.0510 e. The summed E-state index contributed by atoms with van der Waals surface area (Å²) in [6, 6.07) is 7.29. The second-order valence-corrected chi connectivity index (χ2v) is 6.54. The van der Waals surface area contributed by atoms with Crippen molar-refractivity contribution in [2.24, 2.45) is 5.73 Å². The monoisotopic (exact) mass is 325 g/mol. The van der Waals surface area contributed by atoms with Crippen LogP contribution in [0.4, 0.5) is 5.69 Å². The van der Waals surface area contributed by atoms with Crippen molar-refractivity contribution in [1.29, 1.82) is 0 Å². The third kappa shape index (κ3) is 3.50. The van der Waals surface area contributed by atoms with Crippen LogP contribution in [0.1, 0.15) is 31.4 Å². The Labute approximate surface area is 124 Å². The first kappa shape index (κ1) is 14.8. The van der Waals surface area contributed by atoms with Crippen molar-refractivity contribution in [1.82, 2.24) is 4.90 Å². The molecule has 0 aliphatic carbocycles. The molecule has 2 rings (SSSR count). The first-order chi connectivity index (χ1) is 8.99. The van der Waals surface area contributed by atoms with Gasteiger partial charge in [-0.2, -0.15) is 0 Å². The Morgan fingerprint density at radius 3 is 2.42 bits per heavy atom. The van der Waals surface area contributed by atoms with Gasteiger partial charge in [0.15, 0.2) is 0 Å². The van der Waals surface area contributed by atoms with Gasteiger partial charge in [0.05, 0.1) is 5.69 Å². The Morgan fingerprint density at radius 1 is 1.32 bits per heavy atom. The Balaban J connectivity index is 2.07. The molecule has 3 nitrogen and oxygen atoms in total. The van der Waals surface area contributed by atoms with Gasteiger partial charge in [-0.1, -0.05) is 6.07 Å². The van der Waals surface area contributed by atoms with Crippen molar-refractivity contribution in [3.63, 3.8) is 0 Å². The van der Waals surface area contributed by atoms with Gasteiger partial charge in [0.1, 0.15) is 0 Å². The molecule has 1 aliphatic heterocycles. The number of nitrogens with two attached hydrogens (primary N) is 1. The van der Waals surface area contributed by atoms with Crippen LogP contribution in [0.2, 0.25) is 0 Å². The molecule has 1 aromatic carbocycles. The molecule has 0 bridgehead atoms. The lowest BCUT2D eigenvalue weighted by Crippen LogP contribution is -2.42. The lowest BCUT2D eigenvalue weighted by molar-refractivity contribution is 0.249. The van der Waals surface area contributed by atoms with E-state index in [9.17, 15) is 0 Å². The van der Waals surface area contributed by atoms with Gasteiger partial charge in [0.25, 0.3) is 0 Å². The molecule has 0 spiro atoms. The van der Waals surface area contributed by atoms with E-state index in [-0.39, 0.29) is 6.04 Å². The highest BCUT2D eigenvalue weighted by molar-refractivity contribution is 9.10. The number of hydrogen-bond donors (Lipinski definition) is 1. The molecule has 1 atom stereocenters. The minimum absolute atomic E-state index is 0.0878. The summed E-state index contributed by atoms with van der Waals surface area (Å²) in [5.41, 5.74) is 8.40. The predicted molar refractivity (Wildman–Crippen MR) is 85.7 cm³/mol. The molecule has 1 saturated heterocycles. The van der Waals surface area contributed by atoms with E-state index in [0.717, 1.165) is 23.6 Å². The number of benzene rings is 1. The van der Waals surface area contributed by atoms with Crippen molar-refractivity contribution < 1.29 is 0 Å². The fraction of sp³-hybridized carbons (Fsp3) is 0.600. The molecule has 0 radical (unpaired) electrons. The summed E-state index contributed by atoms with van der Waals surface area (Å²) >= 11 is 3.69. The zero-order valence-corrected chi connectivity index (χ0v) is 13.7. The van der Waals surface area contributed by atoms with E-state index in [0.29, 0.717) is 0 Å². The second-order valence-electron chi connectivity index (χ2n) is 5.68. The highest BCUT2D eigenvalue weighted by atomic mass is 79.9. The van der Waals surface area contributed by atoms with Crippen LogP contribution < -0.4 is 10.6 Å². The zero-order valence-electron chi connectivity index (χ0n) is 12.1. The molecule has 0 unspecified atom stereocenters. The minimum Gasteiger partial charge on any atom is -0.371 e. The largest absolute Gasteiger partial charge is 0.371 e. The van der Waals surface area contributed by atoms with Crippen LogP contribution in [0.5, 0.6) is 0 Å². The normalized spacial score (nSPS) is 18.9. The third-order valence-electron chi connectivity index (χ3n) is 4.03. The third-order valence-corrected chi connectivity index (χ3v) is 4.67. The molecule has 4 heteroatoms. The quantitative estimate of drug-likeness (QED) is 0.927. The van der Waals surface area contributed by atoms with Gasteiger partial charge in [-0.25, -0.2) is 0 Å². The Bertz CT molecular complexity index is 423. The number of anilines is 1. The van der Waals surface area contributed by atoms with Gasteiger partial charge in [-0.15, -0.1) is 0 Å². The maximum absolute atomic E-state index is 5.92. The zero-order chi connectivity index (χ0) is 14.0. The molecule has 1 aromatic rings. The van der Waals surface area contributed by atoms with Crippen molar-refractivity contribution in [3.05, 3.63) is 28.2 Å². The van der Waals surface area contributed by atoms with E-state index < -0.39 is 0 Å². The number of halogens is 1. The Morgan fingerprint density at radius 2 is 1.95 bits per heavy atom. The highest BCUT2D eigenvalue weighted by Crippen LogP contribution is 2.31. The summed E-state index contributed by atoms with van der Waals surface area (Å²) in [5.74, 6) is 0. The van der Waals surface area contributed by atoms with Crippen molar-refractivity contribution >= 4 is 21.6 Å². The smallest absolute Gasteiger partial charge is 0.0510 e. The molecular weight excluding hydrogens is 302 g/mol. The summed E-state index contributed by atoms with van der Waals surface area (Å²) in [6.45, 7) is 4.27. The standard InChI is InChI=1S/C15H24BrN3/c1-11(17)12-4-5-15(14(16)10-12)19-8-6-13(7-9-19)18(2)3/h4-5,10-11,13H,6-9,17H2,1-3H3/t11-/m0/s1. The maximum atomic E-state index is 5.92. The van der Waals surface area contributed by atoms with Gasteiger partial charge in [0, 0.05) is 29.6 Å². The van der Waals surface area contributed by atoms with Gasteiger partial charge in [0.2, 0.25) is 0 Å². The second kappa shape index (κ2) is 6.25. The van der Waals surface area contributed by atoms with Crippen LogP contribution in [0.3, 0.4) is 0 Å². The fourth-order valence-electron chi connectivity index (χ4n) is 2.69. The van der Waals surface area contributed by atoms with E-state index in [4.69, 9.17) is 5.73 Å². The molecule has 19 heavy (non-hydrogen) atoms. The summed E-state index contributed by atoms with van der Waals surface area (Å²) in [7, 11) is 4.35. The van der Waals surface area contributed by atoms with Crippen molar-refractivity contribution in [2.75, 3.05) is 32.1 Å². The first-order valence-electron chi connectivity index (χ1n) is 6.95. The minimum atomic E-state index is 0.0878. The van der Waals surface area contributed by atoms with Gasteiger partial charge < -0.3 is 15.5 Å². The van der Waals surface area contributed by atoms with Gasteiger partial charge >= 0.3 is 0 Å². The molecule has 0 aromatic heterocycles. The molecule has 106 valence electrons. The molecule has 1 aliphatic rings. The molecule has 0 amide bonds. The van der Waals surface area contributed by atoms with E-state index in [1.165, 1.54) is 24.1 Å². The summed E-state index contributed by atoms with van der Waals surface area (Å²) in [5, 5.41) is 0. The topological polar surface area (TPSA) is 32.5 Å². The number of nitrogens with zero attached hydrogens (tertiary/aromatic N) is 2. The summed E-state index contributed by atoms with van der Waals surface area (Å²) in [6.07, 6.45) is 2.46. The van der Waals surface area contributed by atoms with Crippen LogP contribution in [0, 0.1) is 0 Å². The number of hydrogen-bond acceptors (Lipinski definition) is 3. The summed E-state index contributed by atoms with van der Waals surface area (Å²) in [4.78, 5) is 4.81. The van der Waals surface area contributed by atoms with Gasteiger partial charge in [-0.3, -0.25) is 0 Å². The molecule has 2 N–H and O–H groups in total. The molecule has 1 fully saturated rings. The van der Waals surface area contributed by atoms with Crippen LogP contribution in [-0.4, -0.2) is 38.1 Å². The molecular formula is C15H24BrN3. The van der Waals surface area contributed by atoms with Crippen LogP contribution in [0.15, 0.2) is 22.7 Å². The lowest BCUT2D eigenvalue weighted by atomic mass is 10.0.